The zero-order valence-electron chi connectivity index (χ0n) is 20.4. The van der Waals surface area contributed by atoms with Gasteiger partial charge in [0.1, 0.15) is 11.9 Å². The third-order valence-electron chi connectivity index (χ3n) is 6.28. The summed E-state index contributed by atoms with van der Waals surface area (Å²) in [7, 11) is -3.29. The Kier molecular flexibility index (Phi) is 7.96. The summed E-state index contributed by atoms with van der Waals surface area (Å²) in [6.45, 7) is 2.02. The quantitative estimate of drug-likeness (QED) is 0.398. The lowest BCUT2D eigenvalue weighted by molar-refractivity contribution is -0.137. The standard InChI is InChI=1S/C27H26F4N2O4S/c1-2-38(35,36)23-13-3-18(4-14-23)15-32-26(34)19-5-9-21(10-6-19)33-16-24(28)25(17-33)37-22-11-7-20(8-12-22)27(29,30)31/h3-14,24-25H,2,15-17H2,1H3,(H,32,34). The number of hydrogen-bond acceptors (Lipinski definition) is 5. The molecule has 2 unspecified atom stereocenters. The van der Waals surface area contributed by atoms with Crippen LogP contribution in [0.15, 0.2) is 77.7 Å². The zero-order chi connectivity index (χ0) is 27.5. The topological polar surface area (TPSA) is 75.7 Å². The van der Waals surface area contributed by atoms with Gasteiger partial charge in [0.15, 0.2) is 16.0 Å². The molecule has 0 bridgehead atoms. The Bertz CT molecular complexity index is 1360. The van der Waals surface area contributed by atoms with E-state index in [0.29, 0.717) is 11.3 Å². The molecule has 0 saturated carbocycles. The van der Waals surface area contributed by atoms with Crippen LogP contribution in [0, 0.1) is 0 Å². The Hall–Kier alpha value is -3.60. The predicted octanol–water partition coefficient (Wildman–Crippen LogP) is 5.03. The number of halogens is 4. The summed E-state index contributed by atoms with van der Waals surface area (Å²) < 4.78 is 82.2. The van der Waals surface area contributed by atoms with Gasteiger partial charge in [0.05, 0.1) is 29.3 Å². The molecule has 0 aromatic heterocycles. The maximum Gasteiger partial charge on any atom is 0.416 e. The Balaban J connectivity index is 1.31. The molecule has 1 heterocycles. The highest BCUT2D eigenvalue weighted by molar-refractivity contribution is 7.91. The molecule has 1 saturated heterocycles. The van der Waals surface area contributed by atoms with Crippen molar-refractivity contribution in [3.63, 3.8) is 0 Å². The first-order valence-corrected chi connectivity index (χ1v) is 13.5. The minimum absolute atomic E-state index is 0.00925. The molecule has 0 radical (unpaired) electrons. The van der Waals surface area contributed by atoms with Crippen molar-refractivity contribution in [1.82, 2.24) is 5.32 Å². The summed E-state index contributed by atoms with van der Waals surface area (Å²) in [5.74, 6) is -0.161. The van der Waals surface area contributed by atoms with Crippen molar-refractivity contribution in [3.05, 3.63) is 89.5 Å². The van der Waals surface area contributed by atoms with Gasteiger partial charge in [-0.25, -0.2) is 12.8 Å². The number of amides is 1. The van der Waals surface area contributed by atoms with Crippen molar-refractivity contribution in [2.24, 2.45) is 0 Å². The highest BCUT2D eigenvalue weighted by atomic mass is 32.2. The first-order chi connectivity index (χ1) is 18.0. The fraction of sp³-hybridized carbons (Fsp3) is 0.296. The van der Waals surface area contributed by atoms with E-state index < -0.39 is 33.9 Å². The van der Waals surface area contributed by atoms with Crippen LogP contribution in [0.5, 0.6) is 5.75 Å². The maximum atomic E-state index is 14.6. The average Bonchev–Trinajstić information content (AvgIpc) is 3.27. The first-order valence-electron chi connectivity index (χ1n) is 11.9. The highest BCUT2D eigenvalue weighted by Crippen LogP contribution is 2.31. The number of anilines is 1. The molecule has 11 heteroatoms. The molecule has 0 aliphatic carbocycles. The SMILES string of the molecule is CCS(=O)(=O)c1ccc(CNC(=O)c2ccc(N3CC(F)C(Oc4ccc(C(F)(F)F)cc4)C3)cc2)cc1. The van der Waals surface area contributed by atoms with E-state index in [1.54, 1.807) is 48.2 Å². The number of rotatable bonds is 8. The van der Waals surface area contributed by atoms with Crippen LogP contribution in [0.4, 0.5) is 23.2 Å². The van der Waals surface area contributed by atoms with Gasteiger partial charge in [0.2, 0.25) is 0 Å². The maximum absolute atomic E-state index is 14.6. The van der Waals surface area contributed by atoms with Crippen LogP contribution < -0.4 is 15.0 Å². The fourth-order valence-corrected chi connectivity index (χ4v) is 4.93. The number of ether oxygens (including phenoxy) is 1. The third-order valence-corrected chi connectivity index (χ3v) is 8.03. The number of nitrogens with zero attached hydrogens (tertiary/aromatic N) is 1. The van der Waals surface area contributed by atoms with Gasteiger partial charge in [-0.1, -0.05) is 19.1 Å². The smallest absolute Gasteiger partial charge is 0.416 e. The van der Waals surface area contributed by atoms with Gasteiger partial charge in [-0.3, -0.25) is 4.79 Å². The van der Waals surface area contributed by atoms with Crippen molar-refractivity contribution in [3.8, 4) is 5.75 Å². The number of nitrogens with one attached hydrogen (secondary N) is 1. The second kappa shape index (κ2) is 11.0. The van der Waals surface area contributed by atoms with Gasteiger partial charge in [-0.05, 0) is 66.2 Å². The molecule has 6 nitrogen and oxygen atoms in total. The monoisotopic (exact) mass is 550 g/mol. The number of sulfone groups is 1. The normalized spacial score (nSPS) is 17.9. The summed E-state index contributed by atoms with van der Waals surface area (Å²) in [4.78, 5) is 14.5. The summed E-state index contributed by atoms with van der Waals surface area (Å²) in [6.07, 6.45) is -6.66. The molecule has 4 rings (SSSR count). The van der Waals surface area contributed by atoms with Crippen LogP contribution in [-0.2, 0) is 22.6 Å². The second-order valence-corrected chi connectivity index (χ2v) is 11.2. The molecule has 1 fully saturated rings. The van der Waals surface area contributed by atoms with Crippen molar-refractivity contribution in [2.45, 2.75) is 36.8 Å². The first kappa shape index (κ1) is 27.4. The van der Waals surface area contributed by atoms with Gasteiger partial charge in [0, 0.05) is 17.8 Å². The van der Waals surface area contributed by atoms with Gasteiger partial charge >= 0.3 is 6.18 Å². The molecule has 3 aromatic rings. The van der Waals surface area contributed by atoms with Crippen LogP contribution >= 0.6 is 0 Å². The summed E-state index contributed by atoms with van der Waals surface area (Å²) in [5, 5.41) is 2.78. The van der Waals surface area contributed by atoms with E-state index in [4.69, 9.17) is 4.74 Å². The fourth-order valence-electron chi connectivity index (χ4n) is 4.04. The lowest BCUT2D eigenvalue weighted by Gasteiger charge is -2.19. The predicted molar refractivity (Wildman–Crippen MR) is 135 cm³/mol. The highest BCUT2D eigenvalue weighted by Gasteiger charge is 2.35. The Morgan fingerprint density at radius 1 is 0.974 bits per heavy atom. The van der Waals surface area contributed by atoms with Crippen molar-refractivity contribution >= 4 is 21.4 Å². The third kappa shape index (κ3) is 6.45. The lowest BCUT2D eigenvalue weighted by Crippen LogP contribution is -2.27. The Morgan fingerprint density at radius 2 is 1.61 bits per heavy atom. The molecule has 1 aliphatic rings. The van der Waals surface area contributed by atoms with E-state index in [1.165, 1.54) is 24.3 Å². The van der Waals surface area contributed by atoms with Crippen LogP contribution in [0.3, 0.4) is 0 Å². The van der Waals surface area contributed by atoms with Gasteiger partial charge in [-0.15, -0.1) is 0 Å². The van der Waals surface area contributed by atoms with Gasteiger partial charge in [0.25, 0.3) is 5.91 Å². The molecule has 202 valence electrons. The van der Waals surface area contributed by atoms with Crippen LogP contribution in [-0.4, -0.2) is 45.4 Å². The van der Waals surface area contributed by atoms with Crippen molar-refractivity contribution < 1.29 is 35.5 Å². The number of carbonyl (C=O) groups excluding carboxylic acids is 1. The molecule has 38 heavy (non-hydrogen) atoms. The van der Waals surface area contributed by atoms with Crippen LogP contribution in [0.25, 0.3) is 0 Å². The van der Waals surface area contributed by atoms with Crippen molar-refractivity contribution in [2.75, 3.05) is 23.7 Å². The zero-order valence-corrected chi connectivity index (χ0v) is 21.2. The molecule has 1 N–H and O–H groups in total. The van der Waals surface area contributed by atoms with E-state index in [-0.39, 0.29) is 41.9 Å². The Morgan fingerprint density at radius 3 is 2.18 bits per heavy atom. The minimum atomic E-state index is -4.46. The number of alkyl halides is 4. The average molecular weight is 551 g/mol. The minimum Gasteiger partial charge on any atom is -0.485 e. The Labute approximate surface area is 218 Å². The van der Waals surface area contributed by atoms with Crippen molar-refractivity contribution in [1.29, 1.82) is 0 Å². The molecule has 2 atom stereocenters. The lowest BCUT2D eigenvalue weighted by atomic mass is 10.1. The summed E-state index contributed by atoms with van der Waals surface area (Å²) >= 11 is 0. The van der Waals surface area contributed by atoms with E-state index in [9.17, 15) is 30.8 Å². The van der Waals surface area contributed by atoms with E-state index in [0.717, 1.165) is 17.7 Å². The van der Waals surface area contributed by atoms with Crippen LogP contribution in [0.1, 0.15) is 28.4 Å². The molecule has 1 amide bonds. The molecule has 0 spiro atoms. The van der Waals surface area contributed by atoms with E-state index in [2.05, 4.69) is 5.32 Å². The van der Waals surface area contributed by atoms with Gasteiger partial charge in [-0.2, -0.15) is 13.2 Å². The summed E-state index contributed by atoms with van der Waals surface area (Å²) in [6, 6.07) is 17.0. The molecule has 1 aliphatic heterocycles. The van der Waals surface area contributed by atoms with Gasteiger partial charge < -0.3 is 15.0 Å². The second-order valence-electron chi connectivity index (χ2n) is 8.88. The number of hydrogen-bond donors (Lipinski definition) is 1. The molecular formula is C27H26F4N2O4S. The molecular weight excluding hydrogens is 524 g/mol. The number of benzene rings is 3. The largest absolute Gasteiger partial charge is 0.485 e. The van der Waals surface area contributed by atoms with Crippen LogP contribution in [0.2, 0.25) is 0 Å². The number of carbonyl (C=O) groups is 1. The molecule has 3 aromatic carbocycles. The van der Waals surface area contributed by atoms with E-state index in [1.807, 2.05) is 0 Å². The van der Waals surface area contributed by atoms with E-state index >= 15 is 0 Å². The summed E-state index contributed by atoms with van der Waals surface area (Å²) in [5.41, 5.74) is 1.01.